The summed E-state index contributed by atoms with van der Waals surface area (Å²) in [5.41, 5.74) is 9.49. The van der Waals surface area contributed by atoms with Crippen LogP contribution in [0.15, 0.2) is 66.9 Å². The lowest BCUT2D eigenvalue weighted by molar-refractivity contribution is -0.720. The summed E-state index contributed by atoms with van der Waals surface area (Å²) in [6, 6.07) is 21.9. The van der Waals surface area contributed by atoms with Gasteiger partial charge in [0.1, 0.15) is 5.69 Å². The number of benzene rings is 3. The van der Waals surface area contributed by atoms with Gasteiger partial charge in [-0.25, -0.2) is 0 Å². The second kappa shape index (κ2) is 4.81. The molecule has 0 saturated carbocycles. The molecule has 1 heterocycles. The Morgan fingerprint density at radius 2 is 1.67 bits per heavy atom. The SMILES string of the molecule is Cc1ccccc1-n1cc2ccc3c(c2[n+]1C)-c1ccccc1C3. The van der Waals surface area contributed by atoms with Gasteiger partial charge in [-0.05, 0) is 47.7 Å². The second-order valence-corrected chi connectivity index (χ2v) is 6.66. The molecule has 1 aliphatic rings. The van der Waals surface area contributed by atoms with Crippen LogP contribution in [0.4, 0.5) is 0 Å². The molecule has 0 amide bonds. The van der Waals surface area contributed by atoms with Crippen molar-refractivity contribution in [1.82, 2.24) is 4.68 Å². The Labute approximate surface area is 141 Å². The Hall–Kier alpha value is -2.87. The minimum atomic E-state index is 1.04. The molecule has 5 rings (SSSR count). The third-order valence-electron chi connectivity index (χ3n) is 5.23. The first-order valence-corrected chi connectivity index (χ1v) is 8.41. The fourth-order valence-corrected chi connectivity index (χ4v) is 4.05. The summed E-state index contributed by atoms with van der Waals surface area (Å²) in [6.07, 6.45) is 3.29. The number of aromatic nitrogens is 2. The van der Waals surface area contributed by atoms with Gasteiger partial charge in [-0.3, -0.25) is 0 Å². The molecule has 0 N–H and O–H groups in total. The number of hydrogen-bond acceptors (Lipinski definition) is 0. The molecule has 0 spiro atoms. The van der Waals surface area contributed by atoms with Gasteiger partial charge in [-0.15, -0.1) is 9.36 Å². The molecule has 0 aliphatic heterocycles. The molecule has 0 bridgehead atoms. The van der Waals surface area contributed by atoms with Gasteiger partial charge in [0.2, 0.25) is 5.52 Å². The first-order chi connectivity index (χ1) is 11.7. The first-order valence-electron chi connectivity index (χ1n) is 8.41. The van der Waals surface area contributed by atoms with Crippen LogP contribution in [0, 0.1) is 6.92 Å². The zero-order valence-corrected chi connectivity index (χ0v) is 14.0. The molecule has 2 nitrogen and oxygen atoms in total. The first kappa shape index (κ1) is 13.6. The molecular weight excluding hydrogens is 292 g/mol. The summed E-state index contributed by atoms with van der Waals surface area (Å²) in [6.45, 7) is 2.17. The van der Waals surface area contributed by atoms with Crippen LogP contribution in [0.25, 0.3) is 27.7 Å². The van der Waals surface area contributed by atoms with Gasteiger partial charge in [0.25, 0.3) is 0 Å². The van der Waals surface area contributed by atoms with Crippen molar-refractivity contribution in [2.45, 2.75) is 13.3 Å². The summed E-state index contributed by atoms with van der Waals surface area (Å²) in [4.78, 5) is 0. The Kier molecular flexibility index (Phi) is 2.72. The van der Waals surface area contributed by atoms with Gasteiger partial charge in [-0.1, -0.05) is 48.5 Å². The minimum absolute atomic E-state index is 1.04. The zero-order valence-electron chi connectivity index (χ0n) is 14.0. The van der Waals surface area contributed by atoms with E-state index in [2.05, 4.69) is 90.2 Å². The van der Waals surface area contributed by atoms with Gasteiger partial charge < -0.3 is 0 Å². The largest absolute Gasteiger partial charge is 0.246 e. The third kappa shape index (κ3) is 1.74. The molecule has 1 aliphatic carbocycles. The number of hydrogen-bond donors (Lipinski definition) is 0. The number of rotatable bonds is 1. The zero-order chi connectivity index (χ0) is 16.3. The lowest BCUT2D eigenvalue weighted by Crippen LogP contribution is -2.38. The van der Waals surface area contributed by atoms with Crippen LogP contribution < -0.4 is 4.68 Å². The van der Waals surface area contributed by atoms with Crippen LogP contribution in [-0.2, 0) is 13.5 Å². The fourth-order valence-electron chi connectivity index (χ4n) is 4.05. The van der Waals surface area contributed by atoms with Crippen LogP contribution >= 0.6 is 0 Å². The molecule has 0 radical (unpaired) electrons. The third-order valence-corrected chi connectivity index (χ3v) is 5.23. The van der Waals surface area contributed by atoms with Crippen LogP contribution in [-0.4, -0.2) is 4.68 Å². The standard InChI is InChI=1S/C22H19N2/c1-15-7-3-6-10-20(15)24-14-18-12-11-17-13-16-8-4-5-9-19(16)21(17)22(18)23(24)2/h3-12,14H,13H2,1-2H3/q+1. The maximum Gasteiger partial charge on any atom is 0.246 e. The highest BCUT2D eigenvalue weighted by Crippen LogP contribution is 2.40. The predicted molar refractivity (Wildman–Crippen MR) is 97.4 cm³/mol. The van der Waals surface area contributed by atoms with Gasteiger partial charge in [0.05, 0.1) is 17.1 Å². The van der Waals surface area contributed by atoms with Gasteiger partial charge in [0.15, 0.2) is 7.05 Å². The lowest BCUT2D eigenvalue weighted by atomic mass is 10.0. The fraction of sp³-hybridized carbons (Fsp3) is 0.136. The molecule has 0 atom stereocenters. The summed E-state index contributed by atoms with van der Waals surface area (Å²) >= 11 is 0. The summed E-state index contributed by atoms with van der Waals surface area (Å²) < 4.78 is 4.56. The molecule has 116 valence electrons. The molecular formula is C22H19N2+. The predicted octanol–water partition coefficient (Wildman–Crippen LogP) is 4.33. The van der Waals surface area contributed by atoms with Crippen molar-refractivity contribution in [2.24, 2.45) is 7.05 Å². The lowest BCUT2D eigenvalue weighted by Gasteiger charge is -2.04. The molecule has 0 unspecified atom stereocenters. The molecule has 24 heavy (non-hydrogen) atoms. The Morgan fingerprint density at radius 1 is 0.875 bits per heavy atom. The monoisotopic (exact) mass is 311 g/mol. The second-order valence-electron chi connectivity index (χ2n) is 6.66. The Balaban J connectivity index is 1.86. The minimum Gasteiger partial charge on any atom is -0.127 e. The summed E-state index contributed by atoms with van der Waals surface area (Å²) in [5.74, 6) is 0. The smallest absolute Gasteiger partial charge is 0.127 e. The van der Waals surface area contributed by atoms with Crippen molar-refractivity contribution in [3.63, 3.8) is 0 Å². The molecule has 4 aromatic rings. The van der Waals surface area contributed by atoms with Crippen molar-refractivity contribution < 1.29 is 4.68 Å². The molecule has 0 saturated heterocycles. The van der Waals surface area contributed by atoms with E-state index in [1.165, 1.54) is 44.4 Å². The number of para-hydroxylation sites is 1. The molecule has 1 aromatic heterocycles. The van der Waals surface area contributed by atoms with Crippen molar-refractivity contribution in [2.75, 3.05) is 0 Å². The van der Waals surface area contributed by atoms with Crippen molar-refractivity contribution >= 4 is 10.9 Å². The average molecular weight is 311 g/mol. The molecule has 2 heteroatoms. The van der Waals surface area contributed by atoms with Gasteiger partial charge in [0, 0.05) is 0 Å². The maximum absolute atomic E-state index is 2.29. The number of fused-ring (bicyclic) bond motifs is 5. The topological polar surface area (TPSA) is 8.81 Å². The van der Waals surface area contributed by atoms with Crippen molar-refractivity contribution in [1.29, 1.82) is 0 Å². The van der Waals surface area contributed by atoms with Crippen molar-refractivity contribution in [3.05, 3.63) is 83.6 Å². The highest BCUT2D eigenvalue weighted by Gasteiger charge is 2.27. The summed E-state index contributed by atoms with van der Waals surface area (Å²) in [7, 11) is 2.16. The number of nitrogens with zero attached hydrogens (tertiary/aromatic N) is 2. The van der Waals surface area contributed by atoms with E-state index in [-0.39, 0.29) is 0 Å². The quantitative estimate of drug-likeness (QED) is 0.407. The van der Waals surface area contributed by atoms with E-state index in [4.69, 9.17) is 0 Å². The van der Waals surface area contributed by atoms with Crippen LogP contribution in [0.1, 0.15) is 16.7 Å². The van der Waals surface area contributed by atoms with Gasteiger partial charge >= 0.3 is 0 Å². The number of aryl methyl sites for hydroxylation is 2. The average Bonchev–Trinajstić information content (AvgIpc) is 3.13. The van der Waals surface area contributed by atoms with Gasteiger partial charge in [-0.2, -0.15) is 0 Å². The van der Waals surface area contributed by atoms with Crippen LogP contribution in [0.5, 0.6) is 0 Å². The normalized spacial score (nSPS) is 12.4. The van der Waals surface area contributed by atoms with Crippen LogP contribution in [0.3, 0.4) is 0 Å². The Bertz CT molecular complexity index is 1100. The van der Waals surface area contributed by atoms with E-state index in [9.17, 15) is 0 Å². The van der Waals surface area contributed by atoms with E-state index in [0.717, 1.165) is 6.42 Å². The summed E-state index contributed by atoms with van der Waals surface area (Å²) in [5, 5.41) is 1.29. The molecule has 0 fully saturated rings. The van der Waals surface area contributed by atoms with Crippen LogP contribution in [0.2, 0.25) is 0 Å². The van der Waals surface area contributed by atoms with E-state index in [1.54, 1.807) is 0 Å². The highest BCUT2D eigenvalue weighted by molar-refractivity contribution is 5.96. The van der Waals surface area contributed by atoms with E-state index in [1.807, 2.05) is 0 Å². The van der Waals surface area contributed by atoms with E-state index in [0.29, 0.717) is 0 Å². The van der Waals surface area contributed by atoms with Crippen molar-refractivity contribution in [3.8, 4) is 16.8 Å². The Morgan fingerprint density at radius 3 is 2.54 bits per heavy atom. The van der Waals surface area contributed by atoms with E-state index < -0.39 is 0 Å². The maximum atomic E-state index is 2.29. The van der Waals surface area contributed by atoms with E-state index >= 15 is 0 Å². The highest BCUT2D eigenvalue weighted by atomic mass is 15.4. The molecule has 3 aromatic carbocycles.